The Balaban J connectivity index is 1.18. The number of H-pyrrole nitrogens is 1. The van der Waals surface area contributed by atoms with Crippen LogP contribution in [0.1, 0.15) is 39.0 Å². The number of aromatic amines is 1. The van der Waals surface area contributed by atoms with E-state index in [0.29, 0.717) is 19.3 Å². The van der Waals surface area contributed by atoms with E-state index in [1.807, 2.05) is 11.8 Å². The zero-order chi connectivity index (χ0) is 26.8. The summed E-state index contributed by atoms with van der Waals surface area (Å²) in [4.78, 5) is 25.5. The molecule has 2 aliphatic heterocycles. The molecule has 2 fully saturated rings. The molecule has 1 atom stereocenters. The highest BCUT2D eigenvalue weighted by molar-refractivity contribution is 8.05. The van der Waals surface area contributed by atoms with E-state index in [2.05, 4.69) is 76.5 Å². The van der Waals surface area contributed by atoms with Gasteiger partial charge in [0.25, 0.3) is 0 Å². The van der Waals surface area contributed by atoms with Gasteiger partial charge in [-0.2, -0.15) is 0 Å². The molecule has 0 bridgehead atoms. The summed E-state index contributed by atoms with van der Waals surface area (Å²) in [6.07, 6.45) is 6.81. The molecule has 6 nitrogen and oxygen atoms in total. The molecule has 0 amide bonds. The number of aromatic nitrogens is 1. The lowest BCUT2D eigenvalue weighted by molar-refractivity contribution is 0.122. The molecule has 2 N–H and O–H groups in total. The average molecular weight is 563 g/mol. The van der Waals surface area contributed by atoms with Gasteiger partial charge in [-0.05, 0) is 57.1 Å². The molecular weight excluding hydrogens is 525 g/mol. The van der Waals surface area contributed by atoms with Gasteiger partial charge in [0.1, 0.15) is 0 Å². The standard InChI is InChI=1S/C31H38N4O2S2/c1-21(20-34(2)23-7-4-3-5-8-23)32-22-11-12-27-29(17-22)38-28-10-6-9-25(31(28)39-27)26-18-24(19-30(36)33-26)35-13-15-37-16-14-35/h6,9-12,17-19,21,23,32H,3-5,7-8,13-16,20H2,1-2H3,(H,33,36). The Morgan fingerprint density at radius 2 is 1.85 bits per heavy atom. The predicted octanol–water partition coefficient (Wildman–Crippen LogP) is 6.56. The monoisotopic (exact) mass is 562 g/mol. The van der Waals surface area contributed by atoms with Crippen molar-refractivity contribution in [3.05, 3.63) is 58.9 Å². The lowest BCUT2D eigenvalue weighted by Gasteiger charge is -2.33. The predicted molar refractivity (Wildman–Crippen MR) is 163 cm³/mol. The van der Waals surface area contributed by atoms with Gasteiger partial charge in [0, 0.05) is 74.3 Å². The minimum atomic E-state index is -0.0700. The van der Waals surface area contributed by atoms with Crippen LogP contribution in [0.2, 0.25) is 0 Å². The van der Waals surface area contributed by atoms with Crippen molar-refractivity contribution in [2.24, 2.45) is 0 Å². The highest BCUT2D eigenvalue weighted by Gasteiger charge is 2.23. The van der Waals surface area contributed by atoms with Crippen LogP contribution in [-0.2, 0) is 4.74 Å². The summed E-state index contributed by atoms with van der Waals surface area (Å²) >= 11 is 3.61. The lowest BCUT2D eigenvalue weighted by atomic mass is 9.94. The summed E-state index contributed by atoms with van der Waals surface area (Å²) in [7, 11) is 2.28. The van der Waals surface area contributed by atoms with E-state index < -0.39 is 0 Å². The average Bonchev–Trinajstić information content (AvgIpc) is 2.96. The summed E-state index contributed by atoms with van der Waals surface area (Å²) in [5.74, 6) is 0. The number of benzene rings is 2. The van der Waals surface area contributed by atoms with Gasteiger partial charge >= 0.3 is 0 Å². The van der Waals surface area contributed by atoms with Crippen LogP contribution >= 0.6 is 23.5 Å². The van der Waals surface area contributed by atoms with Crippen molar-refractivity contribution in [1.29, 1.82) is 0 Å². The number of rotatable bonds is 7. The molecule has 1 unspecified atom stereocenters. The van der Waals surface area contributed by atoms with Gasteiger partial charge in [-0.3, -0.25) is 4.79 Å². The number of hydrogen-bond acceptors (Lipinski definition) is 7. The molecule has 1 saturated heterocycles. The molecule has 0 spiro atoms. The Labute approximate surface area is 239 Å². The smallest absolute Gasteiger partial charge is 0.250 e. The number of fused-ring (bicyclic) bond motifs is 2. The van der Waals surface area contributed by atoms with Crippen LogP contribution < -0.4 is 15.8 Å². The quantitative estimate of drug-likeness (QED) is 0.265. The molecule has 0 radical (unpaired) electrons. The van der Waals surface area contributed by atoms with Gasteiger partial charge in [-0.1, -0.05) is 54.9 Å². The first-order valence-electron chi connectivity index (χ1n) is 14.2. The number of ether oxygens (including phenoxy) is 1. The minimum absolute atomic E-state index is 0.0700. The fraction of sp³-hybridized carbons (Fsp3) is 0.452. The maximum Gasteiger partial charge on any atom is 0.250 e. The Morgan fingerprint density at radius 3 is 2.67 bits per heavy atom. The highest BCUT2D eigenvalue weighted by atomic mass is 32.2. The van der Waals surface area contributed by atoms with E-state index in [1.165, 1.54) is 57.4 Å². The molecule has 39 heavy (non-hydrogen) atoms. The third kappa shape index (κ3) is 6.19. The minimum Gasteiger partial charge on any atom is -0.381 e. The third-order valence-corrected chi connectivity index (χ3v) is 10.6. The van der Waals surface area contributed by atoms with Crippen LogP contribution in [-0.4, -0.2) is 61.9 Å². The molecule has 1 aliphatic carbocycles. The second-order valence-electron chi connectivity index (χ2n) is 11.0. The van der Waals surface area contributed by atoms with Gasteiger partial charge in [0.2, 0.25) is 5.56 Å². The summed E-state index contributed by atoms with van der Waals surface area (Å²) in [6, 6.07) is 18.1. The first-order valence-corrected chi connectivity index (χ1v) is 15.8. The molecular formula is C31H38N4O2S2. The number of nitrogens with one attached hydrogen (secondary N) is 2. The molecule has 3 heterocycles. The van der Waals surface area contributed by atoms with Crippen molar-refractivity contribution in [3.63, 3.8) is 0 Å². The van der Waals surface area contributed by atoms with Crippen molar-refractivity contribution in [2.45, 2.75) is 70.7 Å². The lowest BCUT2D eigenvalue weighted by Crippen LogP contribution is -2.40. The van der Waals surface area contributed by atoms with Crippen LogP contribution in [0.25, 0.3) is 11.3 Å². The van der Waals surface area contributed by atoms with E-state index in [4.69, 9.17) is 4.74 Å². The van der Waals surface area contributed by atoms with Crippen LogP contribution in [0.15, 0.2) is 72.9 Å². The van der Waals surface area contributed by atoms with Gasteiger partial charge in [0.15, 0.2) is 0 Å². The number of likely N-dealkylation sites (N-methyl/N-ethyl adjacent to an activating group) is 1. The van der Waals surface area contributed by atoms with Crippen LogP contribution in [0.5, 0.6) is 0 Å². The molecule has 3 aromatic rings. The number of nitrogens with zero attached hydrogens (tertiary/aromatic N) is 2. The third-order valence-electron chi connectivity index (χ3n) is 8.02. The first-order chi connectivity index (χ1) is 19.0. The topological polar surface area (TPSA) is 60.6 Å². The summed E-state index contributed by atoms with van der Waals surface area (Å²) in [5.41, 5.74) is 4.01. The SMILES string of the molecule is CC(CN(C)C1CCCCC1)Nc1ccc2c(c1)Sc1cccc(-c3cc(N4CCOCC4)cc(=O)[nH]3)c1S2. The Hall–Kier alpha value is -2.39. The van der Waals surface area contributed by atoms with E-state index in [9.17, 15) is 4.79 Å². The summed E-state index contributed by atoms with van der Waals surface area (Å²) < 4.78 is 5.51. The number of morpholine rings is 1. The van der Waals surface area contributed by atoms with E-state index in [1.54, 1.807) is 17.8 Å². The van der Waals surface area contributed by atoms with Gasteiger partial charge in [-0.15, -0.1) is 0 Å². The van der Waals surface area contributed by atoms with Crippen molar-refractivity contribution < 1.29 is 4.74 Å². The van der Waals surface area contributed by atoms with E-state index in [-0.39, 0.29) is 5.56 Å². The zero-order valence-electron chi connectivity index (χ0n) is 22.9. The molecule has 2 aromatic carbocycles. The molecule has 3 aliphatic rings. The number of hydrogen-bond donors (Lipinski definition) is 2. The van der Waals surface area contributed by atoms with Gasteiger partial charge < -0.3 is 24.8 Å². The van der Waals surface area contributed by atoms with E-state index in [0.717, 1.165) is 42.6 Å². The second-order valence-corrected chi connectivity index (χ2v) is 13.1. The van der Waals surface area contributed by atoms with Gasteiger partial charge in [0.05, 0.1) is 18.9 Å². The first kappa shape index (κ1) is 26.8. The Kier molecular flexibility index (Phi) is 8.25. The Bertz CT molecular complexity index is 1360. The maximum atomic E-state index is 12.6. The van der Waals surface area contributed by atoms with Crippen LogP contribution in [0.3, 0.4) is 0 Å². The summed E-state index contributed by atoms with van der Waals surface area (Å²) in [5, 5.41) is 3.75. The molecule has 6 rings (SSSR count). The molecule has 8 heteroatoms. The largest absolute Gasteiger partial charge is 0.381 e. The fourth-order valence-electron chi connectivity index (χ4n) is 6.01. The van der Waals surface area contributed by atoms with Crippen molar-refractivity contribution in [2.75, 3.05) is 50.1 Å². The van der Waals surface area contributed by atoms with Crippen molar-refractivity contribution >= 4 is 34.9 Å². The van der Waals surface area contributed by atoms with Crippen LogP contribution in [0.4, 0.5) is 11.4 Å². The normalized spacial score (nSPS) is 18.5. The van der Waals surface area contributed by atoms with E-state index >= 15 is 0 Å². The number of anilines is 2. The Morgan fingerprint density at radius 1 is 1.03 bits per heavy atom. The highest BCUT2D eigenvalue weighted by Crippen LogP contribution is 2.52. The fourth-order valence-corrected chi connectivity index (χ4v) is 8.43. The number of pyridine rings is 1. The molecule has 1 aromatic heterocycles. The molecule has 1 saturated carbocycles. The van der Waals surface area contributed by atoms with Gasteiger partial charge in [-0.25, -0.2) is 0 Å². The maximum absolute atomic E-state index is 12.6. The molecule has 206 valence electrons. The van der Waals surface area contributed by atoms with Crippen molar-refractivity contribution in [3.8, 4) is 11.3 Å². The second kappa shape index (κ2) is 12.0. The van der Waals surface area contributed by atoms with Crippen LogP contribution in [0, 0.1) is 0 Å². The van der Waals surface area contributed by atoms with Crippen molar-refractivity contribution in [1.82, 2.24) is 9.88 Å². The summed E-state index contributed by atoms with van der Waals surface area (Å²) in [6.45, 7) is 6.34. The zero-order valence-corrected chi connectivity index (χ0v) is 24.5.